The molecule has 0 N–H and O–H groups in total. The fraction of sp³-hybridized carbons (Fsp3) is 0.300. The molecular formula is C20H21N3O4S2. The number of oxazole rings is 1. The normalized spacial score (nSPS) is 15.7. The van der Waals surface area contributed by atoms with Gasteiger partial charge in [-0.1, -0.05) is 41.6 Å². The van der Waals surface area contributed by atoms with E-state index in [9.17, 15) is 13.2 Å². The van der Waals surface area contributed by atoms with Crippen molar-refractivity contribution in [2.45, 2.75) is 17.0 Å². The summed E-state index contributed by atoms with van der Waals surface area (Å²) in [6.07, 6.45) is 0. The predicted molar refractivity (Wildman–Crippen MR) is 111 cm³/mol. The topological polar surface area (TPSA) is 83.7 Å². The Kier molecular flexibility index (Phi) is 5.62. The number of fused-ring (bicyclic) bond motifs is 1. The van der Waals surface area contributed by atoms with Crippen molar-refractivity contribution in [3.05, 3.63) is 54.1 Å². The summed E-state index contributed by atoms with van der Waals surface area (Å²) >= 11 is 1.25. The van der Waals surface area contributed by atoms with E-state index in [1.807, 2.05) is 31.2 Å². The van der Waals surface area contributed by atoms with Crippen LogP contribution in [0.4, 0.5) is 0 Å². The first-order valence-electron chi connectivity index (χ1n) is 9.26. The summed E-state index contributed by atoms with van der Waals surface area (Å²) in [5.74, 6) is 0.155. The highest BCUT2D eigenvalue weighted by molar-refractivity contribution is 7.99. The number of piperazine rings is 1. The molecule has 0 bridgehead atoms. The second kappa shape index (κ2) is 8.17. The molecule has 3 aromatic rings. The number of thioether (sulfide) groups is 1. The molecule has 1 aromatic heterocycles. The molecule has 1 amide bonds. The van der Waals surface area contributed by atoms with Crippen molar-refractivity contribution in [1.82, 2.24) is 14.2 Å². The van der Waals surface area contributed by atoms with Crippen molar-refractivity contribution >= 4 is 38.8 Å². The van der Waals surface area contributed by atoms with Crippen LogP contribution in [0.1, 0.15) is 5.56 Å². The van der Waals surface area contributed by atoms with E-state index in [1.165, 1.54) is 16.1 Å². The van der Waals surface area contributed by atoms with Gasteiger partial charge in [-0.2, -0.15) is 4.31 Å². The van der Waals surface area contributed by atoms with Crippen LogP contribution < -0.4 is 0 Å². The van der Waals surface area contributed by atoms with E-state index in [2.05, 4.69) is 4.98 Å². The van der Waals surface area contributed by atoms with Crippen molar-refractivity contribution < 1.29 is 17.6 Å². The number of carbonyl (C=O) groups excluding carboxylic acids is 1. The number of para-hydroxylation sites is 2. The smallest absolute Gasteiger partial charge is 0.257 e. The Morgan fingerprint density at radius 1 is 1.07 bits per heavy atom. The molecule has 1 aliphatic heterocycles. The van der Waals surface area contributed by atoms with E-state index >= 15 is 0 Å². The molecule has 1 saturated heterocycles. The molecule has 1 fully saturated rings. The van der Waals surface area contributed by atoms with Gasteiger partial charge in [0.1, 0.15) is 5.52 Å². The number of hydrogen-bond donors (Lipinski definition) is 0. The maximum atomic E-state index is 12.8. The molecule has 2 heterocycles. The van der Waals surface area contributed by atoms with Crippen molar-refractivity contribution in [3.8, 4) is 0 Å². The second-order valence-corrected chi connectivity index (χ2v) is 9.70. The number of carbonyl (C=O) groups is 1. The molecule has 0 aliphatic carbocycles. The summed E-state index contributed by atoms with van der Waals surface area (Å²) < 4.78 is 32.6. The lowest BCUT2D eigenvalue weighted by Gasteiger charge is -2.34. The van der Waals surface area contributed by atoms with E-state index < -0.39 is 10.0 Å². The molecule has 152 valence electrons. The van der Waals surface area contributed by atoms with Crippen LogP contribution in [0, 0.1) is 6.92 Å². The number of benzene rings is 2. The summed E-state index contributed by atoms with van der Waals surface area (Å²) in [6, 6.07) is 14.3. The van der Waals surface area contributed by atoms with Crippen LogP contribution in [0.15, 0.2) is 63.1 Å². The van der Waals surface area contributed by atoms with Gasteiger partial charge in [0, 0.05) is 26.2 Å². The number of hydrogen-bond acceptors (Lipinski definition) is 6. The molecule has 1 aliphatic rings. The van der Waals surface area contributed by atoms with Crippen LogP contribution in [-0.2, 0) is 14.8 Å². The van der Waals surface area contributed by atoms with Gasteiger partial charge in [-0.25, -0.2) is 13.4 Å². The van der Waals surface area contributed by atoms with Gasteiger partial charge in [-0.15, -0.1) is 0 Å². The van der Waals surface area contributed by atoms with Gasteiger partial charge in [-0.3, -0.25) is 4.79 Å². The third kappa shape index (κ3) is 4.31. The van der Waals surface area contributed by atoms with Crippen LogP contribution in [0.25, 0.3) is 11.1 Å². The largest absolute Gasteiger partial charge is 0.431 e. The Labute approximate surface area is 173 Å². The molecule has 29 heavy (non-hydrogen) atoms. The highest BCUT2D eigenvalue weighted by Gasteiger charge is 2.30. The summed E-state index contributed by atoms with van der Waals surface area (Å²) in [7, 11) is -3.53. The summed E-state index contributed by atoms with van der Waals surface area (Å²) in [5.41, 5.74) is 2.46. The van der Waals surface area contributed by atoms with Crippen molar-refractivity contribution in [3.63, 3.8) is 0 Å². The summed E-state index contributed by atoms with van der Waals surface area (Å²) in [5, 5.41) is 0.458. The third-order valence-corrected chi connectivity index (χ3v) is 7.57. The Bertz CT molecular complexity index is 1090. The first-order chi connectivity index (χ1) is 13.9. The summed E-state index contributed by atoms with van der Waals surface area (Å²) in [4.78, 5) is 18.8. The summed E-state index contributed by atoms with van der Waals surface area (Å²) in [6.45, 7) is 3.24. The zero-order valence-electron chi connectivity index (χ0n) is 15.9. The zero-order chi connectivity index (χ0) is 20.4. The van der Waals surface area contributed by atoms with Gasteiger partial charge >= 0.3 is 0 Å². The fourth-order valence-electron chi connectivity index (χ4n) is 3.16. The van der Waals surface area contributed by atoms with Crippen LogP contribution in [0.3, 0.4) is 0 Å². The number of nitrogens with zero attached hydrogens (tertiary/aromatic N) is 3. The molecular weight excluding hydrogens is 410 g/mol. The standard InChI is InChI=1S/C20H21N3O4S2/c1-15-6-8-16(9-7-15)29(25,26)23-12-10-22(11-13-23)19(24)14-28-20-21-17-4-2-3-5-18(17)27-20/h2-9H,10-14H2,1H3. The maximum absolute atomic E-state index is 12.8. The Hall–Kier alpha value is -2.36. The molecule has 0 saturated carbocycles. The van der Waals surface area contributed by atoms with Gasteiger partial charge in [0.15, 0.2) is 5.58 Å². The maximum Gasteiger partial charge on any atom is 0.257 e. The van der Waals surface area contributed by atoms with Gasteiger partial charge in [-0.05, 0) is 31.2 Å². The average Bonchev–Trinajstić information content (AvgIpc) is 3.15. The second-order valence-electron chi connectivity index (χ2n) is 6.83. The minimum atomic E-state index is -3.53. The number of aryl methyl sites for hydroxylation is 1. The van der Waals surface area contributed by atoms with Gasteiger partial charge < -0.3 is 9.32 Å². The molecule has 0 radical (unpaired) electrons. The van der Waals surface area contributed by atoms with Gasteiger partial charge in [0.2, 0.25) is 15.9 Å². The number of amides is 1. The van der Waals surface area contributed by atoms with Crippen LogP contribution in [0.5, 0.6) is 0 Å². The molecule has 4 rings (SSSR count). The lowest BCUT2D eigenvalue weighted by Crippen LogP contribution is -2.50. The Morgan fingerprint density at radius 2 is 1.76 bits per heavy atom. The number of sulfonamides is 1. The van der Waals surface area contributed by atoms with E-state index in [1.54, 1.807) is 29.2 Å². The van der Waals surface area contributed by atoms with Gasteiger partial charge in [0.25, 0.3) is 5.22 Å². The molecule has 2 aromatic carbocycles. The molecule has 0 unspecified atom stereocenters. The molecule has 0 spiro atoms. The SMILES string of the molecule is Cc1ccc(S(=O)(=O)N2CCN(C(=O)CSc3nc4ccccc4o3)CC2)cc1. The van der Waals surface area contributed by atoms with Gasteiger partial charge in [0.05, 0.1) is 10.6 Å². The quantitative estimate of drug-likeness (QED) is 0.578. The highest BCUT2D eigenvalue weighted by atomic mass is 32.2. The number of rotatable bonds is 5. The lowest BCUT2D eigenvalue weighted by atomic mass is 10.2. The zero-order valence-corrected chi connectivity index (χ0v) is 17.6. The molecule has 7 nitrogen and oxygen atoms in total. The molecule has 0 atom stereocenters. The van der Waals surface area contributed by atoms with E-state index in [0.29, 0.717) is 23.9 Å². The van der Waals surface area contributed by atoms with Crippen LogP contribution in [-0.4, -0.2) is 60.4 Å². The van der Waals surface area contributed by atoms with Crippen LogP contribution >= 0.6 is 11.8 Å². The van der Waals surface area contributed by atoms with Crippen LogP contribution in [0.2, 0.25) is 0 Å². The van der Waals surface area contributed by atoms with E-state index in [-0.39, 0.29) is 29.6 Å². The monoisotopic (exact) mass is 431 g/mol. The minimum absolute atomic E-state index is 0.0513. The first kappa shape index (κ1) is 19.9. The van der Waals surface area contributed by atoms with Crippen molar-refractivity contribution in [2.24, 2.45) is 0 Å². The minimum Gasteiger partial charge on any atom is -0.431 e. The molecule has 9 heteroatoms. The van der Waals surface area contributed by atoms with Crippen molar-refractivity contribution in [2.75, 3.05) is 31.9 Å². The lowest BCUT2D eigenvalue weighted by molar-refractivity contribution is -0.129. The third-order valence-electron chi connectivity index (χ3n) is 4.84. The number of aromatic nitrogens is 1. The van der Waals surface area contributed by atoms with E-state index in [4.69, 9.17) is 4.42 Å². The average molecular weight is 432 g/mol. The predicted octanol–water partition coefficient (Wildman–Crippen LogP) is 2.76. The Morgan fingerprint density at radius 3 is 2.45 bits per heavy atom. The fourth-order valence-corrected chi connectivity index (χ4v) is 5.33. The Balaban J connectivity index is 1.32. The van der Waals surface area contributed by atoms with E-state index in [0.717, 1.165) is 11.1 Å². The highest BCUT2D eigenvalue weighted by Crippen LogP contribution is 2.24. The first-order valence-corrected chi connectivity index (χ1v) is 11.7. The van der Waals surface area contributed by atoms with Crippen molar-refractivity contribution in [1.29, 1.82) is 0 Å².